The van der Waals surface area contributed by atoms with E-state index in [1.54, 1.807) is 4.90 Å². The van der Waals surface area contributed by atoms with Gasteiger partial charge in [0.15, 0.2) is 0 Å². The van der Waals surface area contributed by atoms with Gasteiger partial charge in [0.1, 0.15) is 0 Å². The molecule has 0 aliphatic carbocycles. The lowest BCUT2D eigenvalue weighted by atomic mass is 9.89. The maximum atomic E-state index is 12.4. The Bertz CT molecular complexity index is 544. The van der Waals surface area contributed by atoms with Gasteiger partial charge in [0.05, 0.1) is 11.0 Å². The van der Waals surface area contributed by atoms with Crippen molar-refractivity contribution in [2.75, 3.05) is 13.1 Å². The molecule has 4 nitrogen and oxygen atoms in total. The molecule has 2 amide bonds. The Balaban J connectivity index is 2.20. The van der Waals surface area contributed by atoms with Crippen LogP contribution >= 0.6 is 15.9 Å². The number of carbonyl (C=O) groups is 2. The van der Waals surface area contributed by atoms with E-state index in [0.717, 1.165) is 10.0 Å². The van der Waals surface area contributed by atoms with Crippen molar-refractivity contribution < 1.29 is 9.59 Å². The van der Waals surface area contributed by atoms with Crippen molar-refractivity contribution >= 4 is 27.7 Å². The zero-order valence-corrected chi connectivity index (χ0v) is 12.7. The fraction of sp³-hybridized carbons (Fsp3) is 0.429. The van der Waals surface area contributed by atoms with E-state index >= 15 is 0 Å². The summed E-state index contributed by atoms with van der Waals surface area (Å²) in [5, 5.41) is 0. The van der Waals surface area contributed by atoms with Crippen molar-refractivity contribution in [1.29, 1.82) is 0 Å². The lowest BCUT2D eigenvalue weighted by Crippen LogP contribution is -2.38. The van der Waals surface area contributed by atoms with Gasteiger partial charge in [-0.2, -0.15) is 0 Å². The number of carbonyl (C=O) groups excluding carboxylic acids is 2. The third-order valence-electron chi connectivity index (χ3n) is 3.71. The predicted molar refractivity (Wildman–Crippen MR) is 76.7 cm³/mol. The second-order valence-corrected chi connectivity index (χ2v) is 6.24. The molecule has 0 saturated carbocycles. The standard InChI is InChI=1S/C14H17BrN2O2/c1-9-3-4-10(11(15)7-9)12(18)17-6-5-14(2,8-17)13(16)19/h3-4,7H,5-6,8H2,1-2H3,(H2,16,19). The lowest BCUT2D eigenvalue weighted by Gasteiger charge is -2.21. The summed E-state index contributed by atoms with van der Waals surface area (Å²) in [6.45, 7) is 4.74. The Hall–Kier alpha value is -1.36. The number of nitrogens with two attached hydrogens (primary N) is 1. The molecule has 1 atom stereocenters. The van der Waals surface area contributed by atoms with E-state index in [-0.39, 0.29) is 11.8 Å². The van der Waals surface area contributed by atoms with Crippen LogP contribution in [0.2, 0.25) is 0 Å². The Morgan fingerprint density at radius 1 is 1.42 bits per heavy atom. The average molecular weight is 325 g/mol. The summed E-state index contributed by atoms with van der Waals surface area (Å²) >= 11 is 3.41. The summed E-state index contributed by atoms with van der Waals surface area (Å²) in [6, 6.07) is 5.62. The molecular weight excluding hydrogens is 308 g/mol. The van der Waals surface area contributed by atoms with E-state index < -0.39 is 5.41 Å². The van der Waals surface area contributed by atoms with Crippen LogP contribution in [0.3, 0.4) is 0 Å². The smallest absolute Gasteiger partial charge is 0.255 e. The molecule has 0 bridgehead atoms. The van der Waals surface area contributed by atoms with Crippen LogP contribution in [-0.4, -0.2) is 29.8 Å². The highest BCUT2D eigenvalue weighted by Crippen LogP contribution is 2.31. The molecule has 1 unspecified atom stereocenters. The SMILES string of the molecule is Cc1ccc(C(=O)N2CCC(C)(C(N)=O)C2)c(Br)c1. The highest BCUT2D eigenvalue weighted by Gasteiger charge is 2.41. The normalized spacial score (nSPS) is 22.6. The number of amides is 2. The molecule has 102 valence electrons. The number of likely N-dealkylation sites (tertiary alicyclic amines) is 1. The van der Waals surface area contributed by atoms with Crippen LogP contribution in [0.4, 0.5) is 0 Å². The third kappa shape index (κ3) is 2.66. The van der Waals surface area contributed by atoms with Gasteiger partial charge in [0, 0.05) is 17.6 Å². The van der Waals surface area contributed by atoms with E-state index in [0.29, 0.717) is 25.1 Å². The first-order chi connectivity index (χ1) is 8.83. The first kappa shape index (κ1) is 14.1. The number of halogens is 1. The zero-order chi connectivity index (χ0) is 14.2. The topological polar surface area (TPSA) is 63.4 Å². The summed E-state index contributed by atoms with van der Waals surface area (Å²) in [7, 11) is 0. The Labute approximate surface area is 121 Å². The van der Waals surface area contributed by atoms with Crippen molar-refractivity contribution in [2.45, 2.75) is 20.3 Å². The van der Waals surface area contributed by atoms with Gasteiger partial charge in [-0.25, -0.2) is 0 Å². The summed E-state index contributed by atoms with van der Waals surface area (Å²) in [6.07, 6.45) is 0.623. The van der Waals surface area contributed by atoms with Crippen LogP contribution in [0.15, 0.2) is 22.7 Å². The minimum atomic E-state index is -0.604. The molecule has 1 aromatic carbocycles. The second kappa shape index (κ2) is 4.96. The Morgan fingerprint density at radius 3 is 2.63 bits per heavy atom. The molecular formula is C14H17BrN2O2. The second-order valence-electron chi connectivity index (χ2n) is 5.38. The maximum absolute atomic E-state index is 12.4. The van der Waals surface area contributed by atoms with Gasteiger partial charge < -0.3 is 10.6 Å². The monoisotopic (exact) mass is 324 g/mol. The third-order valence-corrected chi connectivity index (χ3v) is 4.37. The number of benzene rings is 1. The number of primary amides is 1. The van der Waals surface area contributed by atoms with Crippen molar-refractivity contribution in [3.63, 3.8) is 0 Å². The van der Waals surface area contributed by atoms with Crippen molar-refractivity contribution in [1.82, 2.24) is 4.90 Å². The first-order valence-corrected chi connectivity index (χ1v) is 6.98. The summed E-state index contributed by atoms with van der Waals surface area (Å²) in [4.78, 5) is 25.5. The van der Waals surface area contributed by atoms with Crippen LogP contribution < -0.4 is 5.73 Å². The quantitative estimate of drug-likeness (QED) is 0.905. The van der Waals surface area contributed by atoms with Crippen LogP contribution in [0.1, 0.15) is 29.3 Å². The Kier molecular flexibility index (Phi) is 3.67. The molecule has 2 rings (SSSR count). The first-order valence-electron chi connectivity index (χ1n) is 6.19. The fourth-order valence-corrected chi connectivity index (χ4v) is 2.96. The number of nitrogens with zero attached hydrogens (tertiary/aromatic N) is 1. The van der Waals surface area contributed by atoms with Crippen LogP contribution in [0.5, 0.6) is 0 Å². The molecule has 1 aliphatic rings. The summed E-state index contributed by atoms with van der Waals surface area (Å²) < 4.78 is 0.783. The van der Waals surface area contributed by atoms with Crippen molar-refractivity contribution in [2.24, 2.45) is 11.1 Å². The van der Waals surface area contributed by atoms with Gasteiger partial charge in [0.25, 0.3) is 5.91 Å². The molecule has 19 heavy (non-hydrogen) atoms. The molecule has 1 saturated heterocycles. The molecule has 1 aromatic rings. The van der Waals surface area contributed by atoms with Crippen molar-refractivity contribution in [3.05, 3.63) is 33.8 Å². The number of hydrogen-bond acceptors (Lipinski definition) is 2. The molecule has 1 aliphatic heterocycles. The van der Waals surface area contributed by atoms with Gasteiger partial charge in [-0.3, -0.25) is 9.59 Å². The van der Waals surface area contributed by atoms with Gasteiger partial charge in [-0.1, -0.05) is 6.07 Å². The number of rotatable bonds is 2. The van der Waals surface area contributed by atoms with Crippen molar-refractivity contribution in [3.8, 4) is 0 Å². The zero-order valence-electron chi connectivity index (χ0n) is 11.1. The molecule has 0 radical (unpaired) electrons. The Morgan fingerprint density at radius 2 is 2.11 bits per heavy atom. The van der Waals surface area contributed by atoms with Crippen LogP contribution in [-0.2, 0) is 4.79 Å². The minimum Gasteiger partial charge on any atom is -0.369 e. The molecule has 0 aromatic heterocycles. The minimum absolute atomic E-state index is 0.0585. The van der Waals surface area contributed by atoms with E-state index in [1.807, 2.05) is 32.0 Å². The van der Waals surface area contributed by atoms with E-state index in [9.17, 15) is 9.59 Å². The average Bonchev–Trinajstić information content (AvgIpc) is 2.73. The van der Waals surface area contributed by atoms with E-state index in [1.165, 1.54) is 0 Å². The number of aryl methyl sites for hydroxylation is 1. The van der Waals surface area contributed by atoms with Gasteiger partial charge in [-0.05, 0) is 53.9 Å². The highest BCUT2D eigenvalue weighted by molar-refractivity contribution is 9.10. The van der Waals surface area contributed by atoms with Gasteiger partial charge in [-0.15, -0.1) is 0 Å². The summed E-state index contributed by atoms with van der Waals surface area (Å²) in [5.41, 5.74) is 6.51. The largest absolute Gasteiger partial charge is 0.369 e. The van der Waals surface area contributed by atoms with Crippen LogP contribution in [0, 0.1) is 12.3 Å². The maximum Gasteiger partial charge on any atom is 0.255 e. The van der Waals surface area contributed by atoms with Crippen LogP contribution in [0.25, 0.3) is 0 Å². The molecule has 2 N–H and O–H groups in total. The molecule has 0 spiro atoms. The van der Waals surface area contributed by atoms with E-state index in [4.69, 9.17) is 5.73 Å². The number of hydrogen-bond donors (Lipinski definition) is 1. The molecule has 1 fully saturated rings. The molecule has 1 heterocycles. The lowest BCUT2D eigenvalue weighted by molar-refractivity contribution is -0.126. The highest BCUT2D eigenvalue weighted by atomic mass is 79.9. The van der Waals surface area contributed by atoms with E-state index in [2.05, 4.69) is 15.9 Å². The molecule has 5 heteroatoms. The predicted octanol–water partition coefficient (Wildman–Crippen LogP) is 2.10. The van der Waals surface area contributed by atoms with Gasteiger partial charge in [0.2, 0.25) is 5.91 Å². The summed E-state index contributed by atoms with van der Waals surface area (Å²) in [5.74, 6) is -0.400. The van der Waals surface area contributed by atoms with Gasteiger partial charge >= 0.3 is 0 Å². The fourth-order valence-electron chi connectivity index (χ4n) is 2.30.